The highest BCUT2D eigenvalue weighted by Crippen LogP contribution is 2.47. The normalized spacial score (nSPS) is 28.3. The maximum absolute atomic E-state index is 14.2. The van der Waals surface area contributed by atoms with Crippen molar-refractivity contribution in [2.75, 3.05) is 13.2 Å². The van der Waals surface area contributed by atoms with Gasteiger partial charge in [-0.05, 0) is 79.0 Å². The largest absolute Gasteiger partial charge is 0.490 e. The summed E-state index contributed by atoms with van der Waals surface area (Å²) in [4.78, 5) is 61.3. The van der Waals surface area contributed by atoms with Crippen molar-refractivity contribution < 1.29 is 41.9 Å². The molecule has 3 N–H and O–H groups in total. The van der Waals surface area contributed by atoms with Gasteiger partial charge >= 0.3 is 5.97 Å². The van der Waals surface area contributed by atoms with Crippen LogP contribution in [0.25, 0.3) is 11.1 Å². The zero-order chi connectivity index (χ0) is 37.7. The van der Waals surface area contributed by atoms with E-state index >= 15 is 0 Å². The number of carbonyl (C=O) groups is 4. The van der Waals surface area contributed by atoms with Crippen LogP contribution in [0.4, 0.5) is 0 Å². The topological polar surface area (TPSA) is 179 Å². The number of ether oxygens (including phenoxy) is 2. The van der Waals surface area contributed by atoms with E-state index in [-0.39, 0.29) is 32.5 Å². The molecule has 13 nitrogen and oxygen atoms in total. The van der Waals surface area contributed by atoms with Gasteiger partial charge in [-0.1, -0.05) is 56.3 Å². The highest BCUT2D eigenvalue weighted by molar-refractivity contribution is 7.91. The molecule has 3 fully saturated rings. The summed E-state index contributed by atoms with van der Waals surface area (Å²) in [5, 5.41) is 9.63. The molecule has 0 spiro atoms. The van der Waals surface area contributed by atoms with Gasteiger partial charge in [0.15, 0.2) is 0 Å². The number of benzene rings is 2. The Labute approximate surface area is 308 Å². The van der Waals surface area contributed by atoms with Gasteiger partial charge in [0, 0.05) is 17.0 Å². The molecule has 2 aromatic carbocycles. The Hall–Kier alpha value is -4.98. The molecule has 1 aliphatic heterocycles. The standard InChI is InChI=1S/C39H44N4O9S/c1-5-22-21-39(22,37(47)43-53(48,49)25-13-14-25)41-35(45)31-20-24-19-30(31)34(44)40-33(38(2,3)4)36(46)51-17-9-8-16-50-23-12-15-27-26-10-6-7-11-28(26)32(42-52-24)29(27)18-23/h5-12,15,18,22,24-25,30-31,33H,1,13-14,16-17,19-21H2,2-4H3,(H,40,44)(H,41,45)(H,43,47)/t22-,24+,30-,31-,33+,39-/m1/s1. The van der Waals surface area contributed by atoms with Crippen LogP contribution in [0.1, 0.15) is 64.0 Å². The number of esters is 1. The monoisotopic (exact) mass is 744 g/mol. The quantitative estimate of drug-likeness (QED) is 0.252. The van der Waals surface area contributed by atoms with Gasteiger partial charge < -0.3 is 24.9 Å². The molecular weight excluding hydrogens is 701 g/mol. The van der Waals surface area contributed by atoms with Crippen LogP contribution in [0.2, 0.25) is 0 Å². The van der Waals surface area contributed by atoms with E-state index in [0.717, 1.165) is 22.3 Å². The molecule has 6 atom stereocenters. The van der Waals surface area contributed by atoms with E-state index in [0.29, 0.717) is 24.3 Å². The lowest BCUT2D eigenvalue weighted by Gasteiger charge is -2.31. The van der Waals surface area contributed by atoms with Gasteiger partial charge in [0.2, 0.25) is 21.8 Å². The van der Waals surface area contributed by atoms with Crippen molar-refractivity contribution in [3.8, 4) is 16.9 Å². The lowest BCUT2D eigenvalue weighted by Crippen LogP contribution is -2.55. The summed E-state index contributed by atoms with van der Waals surface area (Å²) in [5.41, 5.74) is 1.87. The molecule has 7 rings (SSSR count). The van der Waals surface area contributed by atoms with Crippen LogP contribution in [0.15, 0.2) is 72.4 Å². The van der Waals surface area contributed by atoms with E-state index in [9.17, 15) is 27.6 Å². The number of oxime groups is 1. The second-order valence-corrected chi connectivity index (χ2v) is 17.5. The maximum atomic E-state index is 14.2. The predicted octanol–water partition coefficient (Wildman–Crippen LogP) is 3.52. The lowest BCUT2D eigenvalue weighted by atomic mass is 9.85. The number of carbonyl (C=O) groups excluding carboxylic acids is 4. The minimum Gasteiger partial charge on any atom is -0.490 e. The van der Waals surface area contributed by atoms with Crippen molar-refractivity contribution in [3.63, 3.8) is 0 Å². The molecule has 5 aliphatic rings. The number of hydrogen-bond acceptors (Lipinski definition) is 10. The Morgan fingerprint density at radius 1 is 0.981 bits per heavy atom. The second-order valence-electron chi connectivity index (χ2n) is 15.5. The molecule has 53 heavy (non-hydrogen) atoms. The van der Waals surface area contributed by atoms with Crippen molar-refractivity contribution in [3.05, 3.63) is 78.4 Å². The molecule has 0 saturated heterocycles. The third kappa shape index (κ3) is 7.20. The Bertz CT molecular complexity index is 2030. The third-order valence-corrected chi connectivity index (χ3v) is 12.5. The second kappa shape index (κ2) is 13.8. The van der Waals surface area contributed by atoms with Gasteiger partial charge in [-0.2, -0.15) is 0 Å². The van der Waals surface area contributed by atoms with Gasteiger partial charge in [0.05, 0.1) is 17.1 Å². The number of amides is 3. The van der Waals surface area contributed by atoms with Crippen LogP contribution in [-0.4, -0.2) is 74.0 Å². The van der Waals surface area contributed by atoms with Crippen molar-refractivity contribution in [2.45, 2.75) is 75.8 Å². The first kappa shape index (κ1) is 36.4. The van der Waals surface area contributed by atoms with Gasteiger partial charge in [-0.25, -0.2) is 13.2 Å². The first-order valence-electron chi connectivity index (χ1n) is 18.0. The Morgan fingerprint density at radius 2 is 1.68 bits per heavy atom. The molecule has 0 radical (unpaired) electrons. The number of sulfonamides is 1. The van der Waals surface area contributed by atoms with Gasteiger partial charge in [0.25, 0.3) is 5.91 Å². The zero-order valence-corrected chi connectivity index (χ0v) is 30.7. The summed E-state index contributed by atoms with van der Waals surface area (Å²) in [6, 6.07) is 12.4. The zero-order valence-electron chi connectivity index (χ0n) is 29.9. The summed E-state index contributed by atoms with van der Waals surface area (Å²) in [5.74, 6) is -4.56. The molecule has 0 unspecified atom stereocenters. The molecule has 0 aromatic heterocycles. The Balaban J connectivity index is 1.21. The number of nitrogens with zero attached hydrogens (tertiary/aromatic N) is 1. The Kier molecular flexibility index (Phi) is 9.46. The van der Waals surface area contributed by atoms with Crippen LogP contribution in [0.3, 0.4) is 0 Å². The fraction of sp³-hybridized carbons (Fsp3) is 0.462. The first-order chi connectivity index (χ1) is 25.2. The van der Waals surface area contributed by atoms with Crippen molar-refractivity contribution in [1.29, 1.82) is 0 Å². The summed E-state index contributed by atoms with van der Waals surface area (Å²) >= 11 is 0. The smallest absolute Gasteiger partial charge is 0.329 e. The first-order valence-corrected chi connectivity index (χ1v) is 19.5. The molecular formula is C39H44N4O9S. The third-order valence-electron chi connectivity index (χ3n) is 10.7. The van der Waals surface area contributed by atoms with Crippen molar-refractivity contribution >= 4 is 39.4 Å². The molecule has 3 saturated carbocycles. The molecule has 14 heteroatoms. The van der Waals surface area contributed by atoms with E-state index < -0.39 is 79.8 Å². The SMILES string of the molecule is C=C[C@@H]1C[C@]1(NC(=O)[C@@H]1C[C@@H]2C[C@H]1C(=O)N[C@H](C(C)(C)C)C(=O)OCC=CCOc1ccc3c(c1)C(=NO2)c1ccccc1-3)C(=O)NS(=O)(=O)C1CC1. The number of cyclic esters (lactones) is 1. The van der Waals surface area contributed by atoms with E-state index in [1.54, 1.807) is 32.9 Å². The maximum Gasteiger partial charge on any atom is 0.329 e. The van der Waals surface area contributed by atoms with E-state index in [1.807, 2.05) is 42.5 Å². The molecule has 4 aliphatic carbocycles. The number of fused-ring (bicyclic) bond motifs is 6. The summed E-state index contributed by atoms with van der Waals surface area (Å²) in [7, 11) is -3.89. The van der Waals surface area contributed by atoms with Crippen molar-refractivity contribution in [2.24, 2.45) is 28.3 Å². The number of hydrogen-bond donors (Lipinski definition) is 3. The minimum absolute atomic E-state index is 0.0452. The number of nitrogens with one attached hydrogen (secondary N) is 3. The van der Waals surface area contributed by atoms with Crippen molar-refractivity contribution in [1.82, 2.24) is 15.4 Å². The van der Waals surface area contributed by atoms with Crippen LogP contribution >= 0.6 is 0 Å². The fourth-order valence-corrected chi connectivity index (χ4v) is 8.76. The van der Waals surface area contributed by atoms with Crippen LogP contribution in [-0.2, 0) is 38.8 Å². The molecule has 1 heterocycles. The van der Waals surface area contributed by atoms with Crippen LogP contribution in [0, 0.1) is 23.2 Å². The van der Waals surface area contributed by atoms with Crippen LogP contribution in [0.5, 0.6) is 5.75 Å². The lowest BCUT2D eigenvalue weighted by molar-refractivity contribution is -0.150. The van der Waals surface area contributed by atoms with Crippen LogP contribution < -0.4 is 20.1 Å². The average Bonchev–Trinajstić information content (AvgIpc) is 4.03. The number of rotatable bonds is 6. The Morgan fingerprint density at radius 3 is 2.36 bits per heavy atom. The minimum atomic E-state index is -3.89. The van der Waals surface area contributed by atoms with E-state index in [2.05, 4.69) is 27.1 Å². The predicted molar refractivity (Wildman–Crippen MR) is 195 cm³/mol. The molecule has 280 valence electrons. The van der Waals surface area contributed by atoms with Gasteiger partial charge in [0.1, 0.15) is 42.4 Å². The van der Waals surface area contributed by atoms with Gasteiger partial charge in [-0.3, -0.25) is 19.1 Å². The molecule has 2 aromatic rings. The molecule has 3 amide bonds. The van der Waals surface area contributed by atoms with E-state index in [4.69, 9.17) is 14.3 Å². The highest BCUT2D eigenvalue weighted by atomic mass is 32.2. The molecule has 4 bridgehead atoms. The van der Waals surface area contributed by atoms with E-state index in [1.165, 1.54) is 6.08 Å². The fourth-order valence-electron chi connectivity index (χ4n) is 7.40. The summed E-state index contributed by atoms with van der Waals surface area (Å²) in [6.07, 6.45) is 5.42. The summed E-state index contributed by atoms with van der Waals surface area (Å²) < 4.78 is 39.0. The van der Waals surface area contributed by atoms with Gasteiger partial charge in [-0.15, -0.1) is 6.58 Å². The highest BCUT2D eigenvalue weighted by Gasteiger charge is 2.62. The average molecular weight is 745 g/mol. The summed E-state index contributed by atoms with van der Waals surface area (Å²) in [6.45, 7) is 9.33.